The molecule has 1 unspecified atom stereocenters. The standard InChI is InChI=1S/C14H11N.2C2H6/c1-2-6-12-10-13(9-11(12)5-1)14-7-3-4-8-15-14;2*1-2/h1-11H;2*1-2H3. The van der Waals surface area contributed by atoms with Gasteiger partial charge >= 0.3 is 0 Å². The quantitative estimate of drug-likeness (QED) is 0.670. The van der Waals surface area contributed by atoms with Crippen molar-refractivity contribution in [1.82, 2.24) is 4.98 Å². The average Bonchev–Trinajstić information content (AvgIpc) is 2.96. The van der Waals surface area contributed by atoms with E-state index < -0.39 is 0 Å². The Kier molecular flexibility index (Phi) is 6.59. The van der Waals surface area contributed by atoms with E-state index in [2.05, 4.69) is 41.4 Å². The first-order valence-electron chi connectivity index (χ1n) is 7.13. The minimum atomic E-state index is 0.451. The van der Waals surface area contributed by atoms with Crippen LogP contribution in [0.5, 0.6) is 0 Å². The molecule has 0 aliphatic heterocycles. The lowest BCUT2D eigenvalue weighted by Gasteiger charge is -2.06. The van der Waals surface area contributed by atoms with E-state index in [1.54, 1.807) is 0 Å². The van der Waals surface area contributed by atoms with Crippen molar-refractivity contribution in [1.29, 1.82) is 0 Å². The van der Waals surface area contributed by atoms with Crippen molar-refractivity contribution in [2.45, 2.75) is 27.7 Å². The number of hydrogen-bond acceptors (Lipinski definition) is 1. The number of hydrogen-bond donors (Lipinski definition) is 0. The van der Waals surface area contributed by atoms with Crippen molar-refractivity contribution in [3.8, 4) is 0 Å². The second-order valence-corrected chi connectivity index (χ2v) is 3.75. The van der Waals surface area contributed by atoms with Crippen LogP contribution in [0.1, 0.15) is 33.4 Å². The highest BCUT2D eigenvalue weighted by atomic mass is 14.7. The SMILES string of the molecule is C1=CC2=CC(c3ccccn3)=CC2C=C1.CC.CC. The Labute approximate surface area is 117 Å². The van der Waals surface area contributed by atoms with Gasteiger partial charge in [0.05, 0.1) is 5.69 Å². The van der Waals surface area contributed by atoms with Gasteiger partial charge in [-0.05, 0) is 29.4 Å². The number of allylic oxidation sites excluding steroid dienone is 8. The molecule has 19 heavy (non-hydrogen) atoms. The maximum Gasteiger partial charge on any atom is 0.0699 e. The monoisotopic (exact) mass is 253 g/mol. The van der Waals surface area contributed by atoms with Crippen LogP contribution in [-0.2, 0) is 0 Å². The molecule has 0 aromatic carbocycles. The van der Waals surface area contributed by atoms with Crippen LogP contribution in [0.3, 0.4) is 0 Å². The summed E-state index contributed by atoms with van der Waals surface area (Å²) in [6.45, 7) is 8.00. The highest BCUT2D eigenvalue weighted by molar-refractivity contribution is 5.78. The van der Waals surface area contributed by atoms with Gasteiger partial charge in [-0.25, -0.2) is 0 Å². The molecule has 0 saturated carbocycles. The zero-order valence-electron chi connectivity index (χ0n) is 12.3. The molecule has 0 bridgehead atoms. The highest BCUT2D eigenvalue weighted by Gasteiger charge is 2.17. The maximum atomic E-state index is 4.36. The van der Waals surface area contributed by atoms with Crippen molar-refractivity contribution >= 4 is 5.57 Å². The number of fused-ring (bicyclic) bond motifs is 1. The van der Waals surface area contributed by atoms with Gasteiger partial charge in [-0.3, -0.25) is 4.98 Å². The van der Waals surface area contributed by atoms with Gasteiger partial charge in [-0.2, -0.15) is 0 Å². The number of aromatic nitrogens is 1. The third-order valence-electron chi connectivity index (χ3n) is 2.75. The summed E-state index contributed by atoms with van der Waals surface area (Å²) in [6.07, 6.45) is 14.9. The highest BCUT2D eigenvalue weighted by Crippen LogP contribution is 2.32. The molecule has 100 valence electrons. The lowest BCUT2D eigenvalue weighted by Crippen LogP contribution is -1.92. The number of pyridine rings is 1. The molecule has 0 saturated heterocycles. The Morgan fingerprint density at radius 2 is 1.79 bits per heavy atom. The van der Waals surface area contributed by atoms with Gasteiger partial charge in [0.15, 0.2) is 0 Å². The first-order chi connectivity index (χ1) is 9.43. The molecular weight excluding hydrogens is 230 g/mol. The van der Waals surface area contributed by atoms with E-state index in [4.69, 9.17) is 0 Å². The second kappa shape index (κ2) is 8.25. The second-order valence-electron chi connectivity index (χ2n) is 3.75. The molecule has 0 fully saturated rings. The molecule has 1 atom stereocenters. The topological polar surface area (TPSA) is 12.9 Å². The van der Waals surface area contributed by atoms with Crippen LogP contribution >= 0.6 is 0 Å². The van der Waals surface area contributed by atoms with Gasteiger partial charge in [0, 0.05) is 12.1 Å². The average molecular weight is 253 g/mol. The molecule has 0 amide bonds. The van der Waals surface area contributed by atoms with E-state index in [1.807, 2.05) is 52.1 Å². The van der Waals surface area contributed by atoms with E-state index in [-0.39, 0.29) is 0 Å². The normalized spacial score (nSPS) is 18.2. The predicted octanol–water partition coefficient (Wildman–Crippen LogP) is 5.20. The molecule has 1 nitrogen and oxygen atoms in total. The molecule has 1 aromatic rings. The molecule has 2 aliphatic rings. The number of rotatable bonds is 1. The molecule has 0 N–H and O–H groups in total. The van der Waals surface area contributed by atoms with Crippen LogP contribution in [0.25, 0.3) is 5.57 Å². The molecule has 1 aromatic heterocycles. The van der Waals surface area contributed by atoms with Gasteiger partial charge in [0.25, 0.3) is 0 Å². The third kappa shape index (κ3) is 3.78. The lowest BCUT2D eigenvalue weighted by atomic mass is 9.98. The Morgan fingerprint density at radius 3 is 2.42 bits per heavy atom. The fourth-order valence-corrected chi connectivity index (χ4v) is 1.98. The summed E-state index contributed by atoms with van der Waals surface area (Å²) in [5.74, 6) is 0.451. The van der Waals surface area contributed by atoms with Crippen molar-refractivity contribution < 1.29 is 0 Å². The predicted molar refractivity (Wildman–Crippen MR) is 84.8 cm³/mol. The zero-order chi connectivity index (χ0) is 14.1. The van der Waals surface area contributed by atoms with Crippen molar-refractivity contribution in [2.75, 3.05) is 0 Å². The van der Waals surface area contributed by atoms with Crippen molar-refractivity contribution in [3.05, 3.63) is 72.1 Å². The van der Waals surface area contributed by atoms with Crippen LogP contribution in [0.15, 0.2) is 66.4 Å². The van der Waals surface area contributed by atoms with Gasteiger partial charge < -0.3 is 0 Å². The van der Waals surface area contributed by atoms with E-state index in [0.29, 0.717) is 5.92 Å². The molecular formula is C18H23N. The smallest absolute Gasteiger partial charge is 0.0699 e. The first kappa shape index (κ1) is 15.2. The lowest BCUT2D eigenvalue weighted by molar-refractivity contribution is 1.02. The van der Waals surface area contributed by atoms with Crippen LogP contribution in [-0.4, -0.2) is 4.98 Å². The van der Waals surface area contributed by atoms with E-state index in [9.17, 15) is 0 Å². The largest absolute Gasteiger partial charge is 0.256 e. The fourth-order valence-electron chi connectivity index (χ4n) is 1.98. The van der Waals surface area contributed by atoms with Crippen LogP contribution in [0.2, 0.25) is 0 Å². The Hall–Kier alpha value is -1.89. The molecule has 2 aliphatic carbocycles. The summed E-state index contributed by atoms with van der Waals surface area (Å²) in [5, 5.41) is 0. The number of nitrogens with zero attached hydrogens (tertiary/aromatic N) is 1. The minimum Gasteiger partial charge on any atom is -0.256 e. The summed E-state index contributed by atoms with van der Waals surface area (Å²) in [6, 6.07) is 6.02. The van der Waals surface area contributed by atoms with Gasteiger partial charge in [0.2, 0.25) is 0 Å². The summed E-state index contributed by atoms with van der Waals surface area (Å²) in [4.78, 5) is 4.36. The van der Waals surface area contributed by atoms with Crippen LogP contribution in [0, 0.1) is 5.92 Å². The fraction of sp³-hybridized carbons (Fsp3) is 0.278. The van der Waals surface area contributed by atoms with E-state index in [1.165, 1.54) is 11.1 Å². The Morgan fingerprint density at radius 1 is 1.00 bits per heavy atom. The van der Waals surface area contributed by atoms with Gasteiger partial charge in [-0.15, -0.1) is 0 Å². The third-order valence-corrected chi connectivity index (χ3v) is 2.75. The van der Waals surface area contributed by atoms with Crippen molar-refractivity contribution in [3.63, 3.8) is 0 Å². The molecule has 1 heteroatoms. The van der Waals surface area contributed by atoms with Crippen LogP contribution in [0.4, 0.5) is 0 Å². The van der Waals surface area contributed by atoms with Crippen molar-refractivity contribution in [2.24, 2.45) is 5.92 Å². The van der Waals surface area contributed by atoms with Crippen LogP contribution < -0.4 is 0 Å². The molecule has 1 heterocycles. The molecule has 0 spiro atoms. The van der Waals surface area contributed by atoms with Gasteiger partial charge in [-0.1, -0.05) is 64.1 Å². The van der Waals surface area contributed by atoms with Gasteiger partial charge in [0.1, 0.15) is 0 Å². The van der Waals surface area contributed by atoms with E-state index in [0.717, 1.165) is 5.69 Å². The zero-order valence-corrected chi connectivity index (χ0v) is 12.3. The Balaban J connectivity index is 0.000000415. The summed E-state index contributed by atoms with van der Waals surface area (Å²) in [5.41, 5.74) is 3.64. The molecule has 0 radical (unpaired) electrons. The molecule has 3 rings (SSSR count). The maximum absolute atomic E-state index is 4.36. The summed E-state index contributed by atoms with van der Waals surface area (Å²) >= 11 is 0. The first-order valence-corrected chi connectivity index (χ1v) is 7.13. The van der Waals surface area contributed by atoms with E-state index >= 15 is 0 Å². The summed E-state index contributed by atoms with van der Waals surface area (Å²) in [7, 11) is 0. The Bertz CT molecular complexity index is 490. The minimum absolute atomic E-state index is 0.451. The summed E-state index contributed by atoms with van der Waals surface area (Å²) < 4.78 is 0.